The molecule has 4 aromatic rings. The van der Waals surface area contributed by atoms with Crippen molar-refractivity contribution in [2.45, 2.75) is 40.5 Å². The minimum absolute atomic E-state index is 0.0310. The highest BCUT2D eigenvalue weighted by atomic mass is 16.5. The topological polar surface area (TPSA) is 124 Å². The molecule has 2 heterocycles. The van der Waals surface area contributed by atoms with Crippen LogP contribution in [0, 0.1) is 0 Å². The molecule has 0 radical (unpaired) electrons. The zero-order valence-corrected chi connectivity index (χ0v) is 18.2. The van der Waals surface area contributed by atoms with Gasteiger partial charge in [-0.1, -0.05) is 23.3 Å². The predicted octanol–water partition coefficient (Wildman–Crippen LogP) is 5.53. The lowest BCUT2D eigenvalue weighted by Crippen LogP contribution is -2.05. The summed E-state index contributed by atoms with van der Waals surface area (Å²) >= 11 is 0. The van der Waals surface area contributed by atoms with E-state index >= 15 is 0 Å². The quantitative estimate of drug-likeness (QED) is 0.245. The van der Waals surface area contributed by atoms with E-state index in [1.54, 1.807) is 0 Å². The van der Waals surface area contributed by atoms with Gasteiger partial charge in [-0.05, 0) is 46.6 Å². The molecule has 0 bridgehead atoms. The lowest BCUT2D eigenvalue weighted by atomic mass is 9.96. The van der Waals surface area contributed by atoms with Crippen LogP contribution in [0.15, 0.2) is 49.1 Å². The van der Waals surface area contributed by atoms with Gasteiger partial charge in [0.25, 0.3) is 0 Å². The summed E-state index contributed by atoms with van der Waals surface area (Å²) < 4.78 is 11.5. The molecule has 0 fully saturated rings. The molecule has 0 aliphatic rings. The lowest BCUT2D eigenvalue weighted by Gasteiger charge is -2.13. The van der Waals surface area contributed by atoms with Gasteiger partial charge in [0.15, 0.2) is 17.1 Å². The van der Waals surface area contributed by atoms with E-state index in [2.05, 4.69) is 0 Å². The number of hydrogen-bond acceptors (Lipinski definition) is 7. The zero-order valence-electron chi connectivity index (χ0n) is 18.2. The van der Waals surface area contributed by atoms with Crippen LogP contribution in [0.3, 0.4) is 0 Å². The number of allylic oxidation sites excluding steroid dienone is 4. The van der Waals surface area contributed by atoms with Crippen molar-refractivity contribution < 1.29 is 29.3 Å². The van der Waals surface area contributed by atoms with Crippen LogP contribution in [0.1, 0.15) is 38.8 Å². The highest BCUT2D eigenvalue weighted by Crippen LogP contribution is 2.42. The molecule has 0 spiro atoms. The minimum Gasteiger partial charge on any atom is -0.507 e. The summed E-state index contributed by atoms with van der Waals surface area (Å²) in [5, 5.41) is 41.9. The number of rotatable bonds is 4. The Hall–Kier alpha value is -3.87. The van der Waals surface area contributed by atoms with Crippen molar-refractivity contribution in [1.29, 1.82) is 0 Å². The van der Waals surface area contributed by atoms with Gasteiger partial charge in [0.05, 0.1) is 0 Å². The normalized spacial score (nSPS) is 11.4. The van der Waals surface area contributed by atoms with Gasteiger partial charge >= 0.3 is 5.78 Å². The standard InChI is InChI=1S/C25H24O7/c1-11(2)5-7-13-21(28)14(8-6-12(3)4)24-20(22(13)29)23(30)19-15-9-16(26)17(27)10-18(15)31-25(19)32-24/h5-6,9-10,26-29H,7-8H2,1-4H3. The lowest BCUT2D eigenvalue weighted by molar-refractivity contribution is 0.404. The van der Waals surface area contributed by atoms with Gasteiger partial charge in [-0.15, -0.1) is 0 Å². The Morgan fingerprint density at radius 2 is 1.41 bits per heavy atom. The Morgan fingerprint density at radius 1 is 0.812 bits per heavy atom. The summed E-state index contributed by atoms with van der Waals surface area (Å²) in [6.07, 6.45) is 4.24. The van der Waals surface area contributed by atoms with Crippen molar-refractivity contribution in [1.82, 2.24) is 0 Å². The van der Waals surface area contributed by atoms with Crippen molar-refractivity contribution in [3.63, 3.8) is 0 Å². The first kappa shape index (κ1) is 21.4. The molecular formula is C25H24O7. The number of fused-ring (bicyclic) bond motifs is 4. The van der Waals surface area contributed by atoms with E-state index in [0.29, 0.717) is 5.56 Å². The maximum absolute atomic E-state index is 13.5. The van der Waals surface area contributed by atoms with Crippen LogP contribution in [0.4, 0.5) is 0 Å². The summed E-state index contributed by atoms with van der Waals surface area (Å²) in [4.78, 5) is 13.5. The molecule has 2 aromatic carbocycles. The summed E-state index contributed by atoms with van der Waals surface area (Å²) in [5.74, 6) is -1.44. The van der Waals surface area contributed by atoms with E-state index in [-0.39, 0.29) is 63.0 Å². The fraction of sp³-hybridized carbons (Fsp3) is 0.240. The number of hydrogen-bond donors (Lipinski definition) is 4. The van der Waals surface area contributed by atoms with Gasteiger partial charge in [-0.2, -0.15) is 0 Å². The van der Waals surface area contributed by atoms with Crippen molar-refractivity contribution in [3.05, 3.63) is 56.8 Å². The summed E-state index contributed by atoms with van der Waals surface area (Å²) in [6.45, 7) is 7.62. The molecular weight excluding hydrogens is 412 g/mol. The predicted molar refractivity (Wildman–Crippen MR) is 123 cm³/mol. The van der Waals surface area contributed by atoms with Gasteiger partial charge in [0.2, 0.25) is 5.43 Å². The van der Waals surface area contributed by atoms with Crippen molar-refractivity contribution in [2.75, 3.05) is 0 Å². The fourth-order valence-electron chi connectivity index (χ4n) is 3.73. The monoisotopic (exact) mass is 436 g/mol. The van der Waals surface area contributed by atoms with Crippen molar-refractivity contribution >= 4 is 33.1 Å². The molecule has 0 saturated carbocycles. The van der Waals surface area contributed by atoms with E-state index < -0.39 is 16.9 Å². The fourth-order valence-corrected chi connectivity index (χ4v) is 3.73. The molecule has 4 N–H and O–H groups in total. The van der Waals surface area contributed by atoms with Gasteiger partial charge < -0.3 is 29.3 Å². The number of benzene rings is 2. The van der Waals surface area contributed by atoms with Crippen LogP contribution in [-0.4, -0.2) is 20.4 Å². The first-order valence-electron chi connectivity index (χ1n) is 10.2. The van der Waals surface area contributed by atoms with E-state index in [0.717, 1.165) is 11.1 Å². The number of furan rings is 1. The third-order valence-corrected chi connectivity index (χ3v) is 5.43. The first-order chi connectivity index (χ1) is 15.1. The van der Waals surface area contributed by atoms with Crippen LogP contribution in [0.5, 0.6) is 23.0 Å². The Bertz CT molecular complexity index is 1510. The molecule has 32 heavy (non-hydrogen) atoms. The Labute approximate surface area is 183 Å². The number of phenolic OH excluding ortho intramolecular Hbond substituents is 4. The summed E-state index contributed by atoms with van der Waals surface area (Å²) in [5.41, 5.74) is 2.22. The second-order valence-corrected chi connectivity index (χ2v) is 8.36. The van der Waals surface area contributed by atoms with E-state index in [1.165, 1.54) is 12.1 Å². The maximum Gasteiger partial charge on any atom is 0.302 e. The molecule has 0 saturated heterocycles. The third-order valence-electron chi connectivity index (χ3n) is 5.43. The van der Waals surface area contributed by atoms with E-state index in [4.69, 9.17) is 8.83 Å². The minimum atomic E-state index is -0.556. The molecule has 7 heteroatoms. The number of aromatic hydroxyl groups is 4. The smallest absolute Gasteiger partial charge is 0.302 e. The zero-order chi connectivity index (χ0) is 23.3. The molecule has 4 rings (SSSR count). The Balaban J connectivity index is 2.18. The van der Waals surface area contributed by atoms with Gasteiger partial charge in [-0.3, -0.25) is 4.79 Å². The van der Waals surface area contributed by atoms with E-state index in [9.17, 15) is 25.2 Å². The second kappa shape index (κ2) is 7.67. The Morgan fingerprint density at radius 3 is 2.03 bits per heavy atom. The Kier molecular flexibility index (Phi) is 5.12. The molecule has 0 aliphatic heterocycles. The largest absolute Gasteiger partial charge is 0.507 e. The average Bonchev–Trinajstić information content (AvgIpc) is 3.04. The first-order valence-corrected chi connectivity index (χ1v) is 10.2. The van der Waals surface area contributed by atoms with Gasteiger partial charge in [0.1, 0.15) is 27.9 Å². The van der Waals surface area contributed by atoms with Crippen LogP contribution in [0.2, 0.25) is 0 Å². The maximum atomic E-state index is 13.5. The van der Waals surface area contributed by atoms with Crippen LogP contribution in [0.25, 0.3) is 33.1 Å². The highest BCUT2D eigenvalue weighted by molar-refractivity contribution is 6.08. The summed E-state index contributed by atoms with van der Waals surface area (Å²) in [6, 6.07) is 2.40. The van der Waals surface area contributed by atoms with Crippen LogP contribution < -0.4 is 5.43 Å². The van der Waals surface area contributed by atoms with Crippen molar-refractivity contribution in [2.24, 2.45) is 0 Å². The third kappa shape index (κ3) is 3.36. The van der Waals surface area contributed by atoms with Crippen molar-refractivity contribution in [3.8, 4) is 23.0 Å². The average molecular weight is 436 g/mol. The molecule has 2 aromatic heterocycles. The van der Waals surface area contributed by atoms with E-state index in [1.807, 2.05) is 39.8 Å². The van der Waals surface area contributed by atoms with Gasteiger partial charge in [-0.25, -0.2) is 0 Å². The van der Waals surface area contributed by atoms with Crippen LogP contribution >= 0.6 is 0 Å². The molecule has 0 unspecified atom stereocenters. The highest BCUT2D eigenvalue weighted by Gasteiger charge is 2.26. The SMILES string of the molecule is CC(C)=CCc1c(O)c(CC=C(C)C)c2oc3oc4cc(O)c(O)cc4c3c(=O)c2c1O. The molecule has 7 nitrogen and oxygen atoms in total. The van der Waals surface area contributed by atoms with Gasteiger partial charge in [0, 0.05) is 22.6 Å². The van der Waals surface area contributed by atoms with Crippen LogP contribution in [-0.2, 0) is 12.8 Å². The molecule has 166 valence electrons. The molecule has 0 aliphatic carbocycles. The molecule has 0 amide bonds. The second-order valence-electron chi connectivity index (χ2n) is 8.36. The number of phenols is 4. The summed E-state index contributed by atoms with van der Waals surface area (Å²) in [7, 11) is 0. The molecule has 0 atom stereocenters.